The van der Waals surface area contributed by atoms with Gasteiger partial charge in [-0.15, -0.1) is 0 Å². The number of carbonyl (C=O) groups is 1. The van der Waals surface area contributed by atoms with Crippen molar-refractivity contribution in [3.05, 3.63) is 28.8 Å². The molecule has 16 heavy (non-hydrogen) atoms. The van der Waals surface area contributed by atoms with Crippen LogP contribution in [0.4, 0.5) is 0 Å². The molecule has 0 saturated carbocycles. The standard InChI is InChI=1S/C12H14ClNO2/c1-16-12-3-2-8(13)6-10(12)9-4-5-14-7-11(9)15/h2-3,6,9,14H,4-5,7H2,1H3. The van der Waals surface area contributed by atoms with Gasteiger partial charge in [-0.1, -0.05) is 11.6 Å². The number of piperidine rings is 1. The Bertz CT molecular complexity index is 406. The molecule has 1 unspecified atom stereocenters. The van der Waals surface area contributed by atoms with Gasteiger partial charge >= 0.3 is 0 Å². The molecule has 2 rings (SSSR count). The van der Waals surface area contributed by atoms with Crippen LogP contribution < -0.4 is 10.1 Å². The van der Waals surface area contributed by atoms with E-state index in [0.717, 1.165) is 24.3 Å². The summed E-state index contributed by atoms with van der Waals surface area (Å²) in [7, 11) is 1.61. The van der Waals surface area contributed by atoms with Gasteiger partial charge in [0, 0.05) is 16.5 Å². The van der Waals surface area contributed by atoms with Crippen molar-refractivity contribution in [3.63, 3.8) is 0 Å². The van der Waals surface area contributed by atoms with Gasteiger partial charge in [-0.25, -0.2) is 0 Å². The molecule has 1 saturated heterocycles. The van der Waals surface area contributed by atoms with E-state index in [9.17, 15) is 4.79 Å². The van der Waals surface area contributed by atoms with Crippen molar-refractivity contribution < 1.29 is 9.53 Å². The monoisotopic (exact) mass is 239 g/mol. The minimum Gasteiger partial charge on any atom is -0.496 e. The number of carbonyl (C=O) groups excluding carboxylic acids is 1. The molecule has 4 heteroatoms. The molecule has 0 aromatic heterocycles. The van der Waals surface area contributed by atoms with Crippen molar-refractivity contribution in [2.45, 2.75) is 12.3 Å². The number of ether oxygens (including phenoxy) is 1. The number of nitrogens with one attached hydrogen (secondary N) is 1. The Labute approximate surface area is 99.7 Å². The Morgan fingerprint density at radius 2 is 2.31 bits per heavy atom. The molecule has 1 aliphatic heterocycles. The number of methoxy groups -OCH3 is 1. The Kier molecular flexibility index (Phi) is 3.46. The summed E-state index contributed by atoms with van der Waals surface area (Å²) in [5, 5.41) is 3.70. The maximum absolute atomic E-state index is 11.8. The zero-order chi connectivity index (χ0) is 11.5. The minimum absolute atomic E-state index is 0.0881. The van der Waals surface area contributed by atoms with Crippen LogP contribution in [0.15, 0.2) is 18.2 Å². The van der Waals surface area contributed by atoms with E-state index in [1.54, 1.807) is 13.2 Å². The van der Waals surface area contributed by atoms with Crippen molar-refractivity contribution in [1.29, 1.82) is 0 Å². The van der Waals surface area contributed by atoms with Crippen molar-refractivity contribution in [2.24, 2.45) is 0 Å². The summed E-state index contributed by atoms with van der Waals surface area (Å²) < 4.78 is 5.27. The van der Waals surface area contributed by atoms with E-state index >= 15 is 0 Å². The van der Waals surface area contributed by atoms with Crippen LogP contribution in [0.25, 0.3) is 0 Å². The van der Waals surface area contributed by atoms with Crippen LogP contribution >= 0.6 is 11.6 Å². The number of Topliss-reactive ketones (excluding diaryl/α,β-unsaturated/α-hetero) is 1. The van der Waals surface area contributed by atoms with Crippen LogP contribution in [0.1, 0.15) is 17.9 Å². The molecule has 1 N–H and O–H groups in total. The average molecular weight is 240 g/mol. The van der Waals surface area contributed by atoms with E-state index in [2.05, 4.69) is 5.32 Å². The summed E-state index contributed by atoms with van der Waals surface area (Å²) in [6.07, 6.45) is 0.801. The van der Waals surface area contributed by atoms with Crippen molar-refractivity contribution in [2.75, 3.05) is 20.2 Å². The lowest BCUT2D eigenvalue weighted by atomic mass is 9.88. The molecule has 0 bridgehead atoms. The summed E-state index contributed by atoms with van der Waals surface area (Å²) in [4.78, 5) is 11.8. The van der Waals surface area contributed by atoms with Crippen LogP contribution in [0.3, 0.4) is 0 Å². The lowest BCUT2D eigenvalue weighted by Gasteiger charge is -2.23. The van der Waals surface area contributed by atoms with E-state index in [1.807, 2.05) is 12.1 Å². The molecule has 1 heterocycles. The Balaban J connectivity index is 2.36. The van der Waals surface area contributed by atoms with Crippen molar-refractivity contribution in [1.82, 2.24) is 5.32 Å². The second-order valence-electron chi connectivity index (χ2n) is 3.87. The summed E-state index contributed by atoms with van der Waals surface area (Å²) in [6.45, 7) is 1.28. The lowest BCUT2D eigenvalue weighted by molar-refractivity contribution is -0.120. The summed E-state index contributed by atoms with van der Waals surface area (Å²) in [5.41, 5.74) is 0.904. The molecule has 1 aromatic rings. The second kappa shape index (κ2) is 4.85. The van der Waals surface area contributed by atoms with Gasteiger partial charge in [0.2, 0.25) is 0 Å². The molecule has 86 valence electrons. The highest BCUT2D eigenvalue weighted by Gasteiger charge is 2.26. The Morgan fingerprint density at radius 1 is 1.50 bits per heavy atom. The second-order valence-corrected chi connectivity index (χ2v) is 4.31. The molecular formula is C12H14ClNO2. The fourth-order valence-corrected chi connectivity index (χ4v) is 2.23. The lowest BCUT2D eigenvalue weighted by Crippen LogP contribution is -2.35. The number of halogens is 1. The number of ketones is 1. The molecule has 1 atom stereocenters. The first kappa shape index (κ1) is 11.4. The van der Waals surface area contributed by atoms with Gasteiger partial charge in [0.1, 0.15) is 5.75 Å². The van der Waals surface area contributed by atoms with E-state index in [0.29, 0.717) is 11.6 Å². The van der Waals surface area contributed by atoms with Gasteiger partial charge in [0.15, 0.2) is 5.78 Å². The van der Waals surface area contributed by atoms with Crippen LogP contribution in [0.5, 0.6) is 5.75 Å². The largest absolute Gasteiger partial charge is 0.496 e. The molecule has 0 amide bonds. The first-order chi connectivity index (χ1) is 7.72. The number of hydrogen-bond donors (Lipinski definition) is 1. The highest BCUT2D eigenvalue weighted by molar-refractivity contribution is 6.30. The minimum atomic E-state index is -0.0881. The first-order valence-corrected chi connectivity index (χ1v) is 5.67. The fourth-order valence-electron chi connectivity index (χ4n) is 2.05. The maximum atomic E-state index is 11.8. The zero-order valence-electron chi connectivity index (χ0n) is 9.13. The average Bonchev–Trinajstić information content (AvgIpc) is 2.29. The summed E-state index contributed by atoms with van der Waals surface area (Å²) in [5.74, 6) is 0.853. The van der Waals surface area contributed by atoms with Crippen molar-refractivity contribution in [3.8, 4) is 5.75 Å². The maximum Gasteiger partial charge on any atom is 0.154 e. The molecule has 0 radical (unpaired) electrons. The van der Waals surface area contributed by atoms with Crippen molar-refractivity contribution >= 4 is 17.4 Å². The predicted octanol–water partition coefficient (Wildman–Crippen LogP) is 1.99. The molecule has 1 fully saturated rings. The molecule has 1 aromatic carbocycles. The third-order valence-electron chi connectivity index (χ3n) is 2.86. The normalized spacial score (nSPS) is 20.9. The molecule has 0 aliphatic carbocycles. The fraction of sp³-hybridized carbons (Fsp3) is 0.417. The Morgan fingerprint density at radius 3 is 3.00 bits per heavy atom. The van der Waals surface area contributed by atoms with E-state index in [4.69, 9.17) is 16.3 Å². The third-order valence-corrected chi connectivity index (χ3v) is 3.10. The SMILES string of the molecule is COc1ccc(Cl)cc1C1CCNCC1=O. The van der Waals surface area contributed by atoms with Gasteiger partial charge in [0.25, 0.3) is 0 Å². The highest BCUT2D eigenvalue weighted by atomic mass is 35.5. The first-order valence-electron chi connectivity index (χ1n) is 5.29. The van der Waals surface area contributed by atoms with E-state index in [-0.39, 0.29) is 11.7 Å². The van der Waals surface area contributed by atoms with Crippen LogP contribution in [-0.2, 0) is 4.79 Å². The predicted molar refractivity (Wildman–Crippen MR) is 63.2 cm³/mol. The third kappa shape index (κ3) is 2.20. The number of rotatable bonds is 2. The number of hydrogen-bond acceptors (Lipinski definition) is 3. The van der Waals surface area contributed by atoms with Gasteiger partial charge in [-0.3, -0.25) is 4.79 Å². The van der Waals surface area contributed by atoms with Gasteiger partial charge < -0.3 is 10.1 Å². The van der Waals surface area contributed by atoms with Gasteiger partial charge in [-0.05, 0) is 31.2 Å². The van der Waals surface area contributed by atoms with Crippen LogP contribution in [-0.4, -0.2) is 26.0 Å². The van der Waals surface area contributed by atoms with Gasteiger partial charge in [-0.2, -0.15) is 0 Å². The topological polar surface area (TPSA) is 38.3 Å². The summed E-state index contributed by atoms with van der Waals surface area (Å²) in [6, 6.07) is 5.41. The van der Waals surface area contributed by atoms with Gasteiger partial charge in [0.05, 0.1) is 13.7 Å². The van der Waals surface area contributed by atoms with E-state index < -0.39 is 0 Å². The highest BCUT2D eigenvalue weighted by Crippen LogP contribution is 2.32. The number of benzene rings is 1. The zero-order valence-corrected chi connectivity index (χ0v) is 9.88. The Hall–Kier alpha value is -1.06. The quantitative estimate of drug-likeness (QED) is 0.858. The molecule has 0 spiro atoms. The molecule has 1 aliphatic rings. The molecular weight excluding hydrogens is 226 g/mol. The summed E-state index contributed by atoms with van der Waals surface area (Å²) >= 11 is 5.96. The van der Waals surface area contributed by atoms with E-state index in [1.165, 1.54) is 0 Å². The van der Waals surface area contributed by atoms with Crippen LogP contribution in [0.2, 0.25) is 5.02 Å². The molecule has 3 nitrogen and oxygen atoms in total. The van der Waals surface area contributed by atoms with Crippen LogP contribution in [0, 0.1) is 0 Å². The smallest absolute Gasteiger partial charge is 0.154 e.